The molecule has 2 aromatic carbocycles. The van der Waals surface area contributed by atoms with Gasteiger partial charge in [0, 0.05) is 12.2 Å². The van der Waals surface area contributed by atoms with Gasteiger partial charge in [-0.05, 0) is 48.7 Å². The van der Waals surface area contributed by atoms with Gasteiger partial charge in [0.2, 0.25) is 12.7 Å². The number of aryl methyl sites for hydroxylation is 1. The number of ether oxygens (including phenoxy) is 2. The van der Waals surface area contributed by atoms with E-state index in [9.17, 15) is 4.79 Å². The summed E-state index contributed by atoms with van der Waals surface area (Å²) in [7, 11) is 0. The summed E-state index contributed by atoms with van der Waals surface area (Å²) in [5.74, 6) is 1.42. The first-order valence-electron chi connectivity index (χ1n) is 7.59. The molecule has 120 valence electrons. The predicted octanol–water partition coefficient (Wildman–Crippen LogP) is 2.76. The molecule has 1 heterocycles. The average Bonchev–Trinajstić information content (AvgIpc) is 3.02. The highest BCUT2D eigenvalue weighted by Crippen LogP contribution is 2.32. The maximum absolute atomic E-state index is 12.0. The summed E-state index contributed by atoms with van der Waals surface area (Å²) in [5.41, 5.74) is 4.34. The Balaban J connectivity index is 1.51. The molecule has 1 aliphatic rings. The largest absolute Gasteiger partial charge is 0.454 e. The van der Waals surface area contributed by atoms with Gasteiger partial charge in [0.15, 0.2) is 11.5 Å². The quantitative estimate of drug-likeness (QED) is 0.891. The van der Waals surface area contributed by atoms with Crippen LogP contribution in [0, 0.1) is 13.8 Å². The summed E-state index contributed by atoms with van der Waals surface area (Å²) >= 11 is 0. The van der Waals surface area contributed by atoms with E-state index in [1.807, 2.05) is 37.3 Å². The minimum Gasteiger partial charge on any atom is -0.454 e. The average molecular weight is 312 g/mol. The highest BCUT2D eigenvalue weighted by molar-refractivity contribution is 5.81. The Labute approximate surface area is 135 Å². The second kappa shape index (κ2) is 6.60. The molecule has 0 atom stereocenters. The second-order valence-corrected chi connectivity index (χ2v) is 5.57. The number of amides is 1. The van der Waals surface area contributed by atoms with Crippen molar-refractivity contribution in [2.24, 2.45) is 0 Å². The third-order valence-corrected chi connectivity index (χ3v) is 3.97. The van der Waals surface area contributed by atoms with E-state index in [-0.39, 0.29) is 19.2 Å². The maximum atomic E-state index is 12.0. The predicted molar refractivity (Wildman–Crippen MR) is 88.8 cm³/mol. The Morgan fingerprint density at radius 1 is 1.13 bits per heavy atom. The highest BCUT2D eigenvalue weighted by Gasteiger charge is 2.13. The summed E-state index contributed by atoms with van der Waals surface area (Å²) in [6, 6.07) is 11.7. The van der Waals surface area contributed by atoms with Gasteiger partial charge in [-0.3, -0.25) is 4.79 Å². The molecule has 0 spiro atoms. The Morgan fingerprint density at radius 3 is 2.83 bits per heavy atom. The molecule has 5 heteroatoms. The number of fused-ring (bicyclic) bond motifs is 1. The van der Waals surface area contributed by atoms with Crippen LogP contribution < -0.4 is 20.1 Å². The van der Waals surface area contributed by atoms with Gasteiger partial charge in [-0.2, -0.15) is 0 Å². The number of benzene rings is 2. The molecule has 0 bridgehead atoms. The van der Waals surface area contributed by atoms with Crippen molar-refractivity contribution in [1.82, 2.24) is 5.32 Å². The van der Waals surface area contributed by atoms with Crippen molar-refractivity contribution in [2.75, 3.05) is 18.7 Å². The normalized spacial score (nSPS) is 12.1. The molecular formula is C18H20N2O3. The fourth-order valence-electron chi connectivity index (χ4n) is 2.43. The number of rotatable bonds is 5. The van der Waals surface area contributed by atoms with Crippen LogP contribution in [0.4, 0.5) is 5.69 Å². The Bertz CT molecular complexity index is 728. The van der Waals surface area contributed by atoms with E-state index in [0.717, 1.165) is 28.3 Å². The first kappa shape index (κ1) is 15.2. The van der Waals surface area contributed by atoms with Crippen LogP contribution in [0.3, 0.4) is 0 Å². The van der Waals surface area contributed by atoms with Gasteiger partial charge in [-0.1, -0.05) is 18.2 Å². The molecule has 23 heavy (non-hydrogen) atoms. The number of hydrogen-bond donors (Lipinski definition) is 2. The zero-order chi connectivity index (χ0) is 16.2. The zero-order valence-corrected chi connectivity index (χ0v) is 13.3. The van der Waals surface area contributed by atoms with E-state index < -0.39 is 0 Å². The van der Waals surface area contributed by atoms with Crippen molar-refractivity contribution < 1.29 is 14.3 Å². The fourth-order valence-corrected chi connectivity index (χ4v) is 2.43. The number of carbonyl (C=O) groups excluding carboxylic acids is 1. The van der Waals surface area contributed by atoms with Crippen LogP contribution in [0.2, 0.25) is 0 Å². The first-order chi connectivity index (χ1) is 11.1. The lowest BCUT2D eigenvalue weighted by Crippen LogP contribution is -2.29. The molecule has 1 aliphatic heterocycles. The Morgan fingerprint density at radius 2 is 1.96 bits per heavy atom. The van der Waals surface area contributed by atoms with Crippen molar-refractivity contribution in [2.45, 2.75) is 20.4 Å². The van der Waals surface area contributed by atoms with E-state index in [2.05, 4.69) is 23.6 Å². The van der Waals surface area contributed by atoms with Crippen molar-refractivity contribution in [3.63, 3.8) is 0 Å². The van der Waals surface area contributed by atoms with Gasteiger partial charge in [0.1, 0.15) is 0 Å². The number of anilines is 1. The molecule has 5 nitrogen and oxygen atoms in total. The second-order valence-electron chi connectivity index (χ2n) is 5.57. The van der Waals surface area contributed by atoms with E-state index in [1.165, 1.54) is 5.56 Å². The molecular weight excluding hydrogens is 292 g/mol. The maximum Gasteiger partial charge on any atom is 0.239 e. The van der Waals surface area contributed by atoms with Crippen LogP contribution in [0.5, 0.6) is 11.5 Å². The summed E-state index contributed by atoms with van der Waals surface area (Å²) in [5, 5.41) is 6.07. The SMILES string of the molecule is Cc1cccc(NCC(=O)NCc2ccc3c(c2)OCO3)c1C. The minimum atomic E-state index is -0.0522. The standard InChI is InChI=1S/C18H20N2O3/c1-12-4-3-5-15(13(12)2)19-10-18(21)20-9-14-6-7-16-17(8-14)23-11-22-16/h3-8,19H,9-11H2,1-2H3,(H,20,21). The van der Waals surface area contributed by atoms with Crippen molar-refractivity contribution in [1.29, 1.82) is 0 Å². The molecule has 0 radical (unpaired) electrons. The molecule has 2 N–H and O–H groups in total. The van der Waals surface area contributed by atoms with Gasteiger partial charge in [-0.25, -0.2) is 0 Å². The lowest BCUT2D eigenvalue weighted by molar-refractivity contribution is -0.119. The lowest BCUT2D eigenvalue weighted by atomic mass is 10.1. The summed E-state index contributed by atoms with van der Waals surface area (Å²) in [6.07, 6.45) is 0. The minimum absolute atomic E-state index is 0.0522. The number of carbonyl (C=O) groups is 1. The first-order valence-corrected chi connectivity index (χ1v) is 7.59. The van der Waals surface area contributed by atoms with E-state index >= 15 is 0 Å². The summed E-state index contributed by atoms with van der Waals surface area (Å²) in [6.45, 7) is 5.06. The Kier molecular flexibility index (Phi) is 4.37. The molecule has 0 fully saturated rings. The number of nitrogens with one attached hydrogen (secondary N) is 2. The summed E-state index contributed by atoms with van der Waals surface area (Å²) < 4.78 is 10.6. The molecule has 3 rings (SSSR count). The topological polar surface area (TPSA) is 59.6 Å². The van der Waals surface area contributed by atoms with Crippen molar-refractivity contribution >= 4 is 11.6 Å². The molecule has 0 saturated carbocycles. The third-order valence-electron chi connectivity index (χ3n) is 3.97. The molecule has 0 aliphatic carbocycles. The number of hydrogen-bond acceptors (Lipinski definition) is 4. The monoisotopic (exact) mass is 312 g/mol. The van der Waals surface area contributed by atoms with Crippen LogP contribution in [0.1, 0.15) is 16.7 Å². The molecule has 0 unspecified atom stereocenters. The van der Waals surface area contributed by atoms with E-state index in [4.69, 9.17) is 9.47 Å². The van der Waals surface area contributed by atoms with Crippen LogP contribution in [0.25, 0.3) is 0 Å². The Hall–Kier alpha value is -2.69. The van der Waals surface area contributed by atoms with Gasteiger partial charge in [0.25, 0.3) is 0 Å². The van der Waals surface area contributed by atoms with Crippen LogP contribution >= 0.6 is 0 Å². The highest BCUT2D eigenvalue weighted by atomic mass is 16.7. The van der Waals surface area contributed by atoms with Crippen LogP contribution in [-0.2, 0) is 11.3 Å². The van der Waals surface area contributed by atoms with Gasteiger partial charge in [0.05, 0.1) is 6.54 Å². The lowest BCUT2D eigenvalue weighted by Gasteiger charge is -2.11. The van der Waals surface area contributed by atoms with Gasteiger partial charge in [-0.15, -0.1) is 0 Å². The molecule has 0 saturated heterocycles. The van der Waals surface area contributed by atoms with E-state index in [1.54, 1.807) is 0 Å². The molecule has 2 aromatic rings. The fraction of sp³-hybridized carbons (Fsp3) is 0.278. The van der Waals surface area contributed by atoms with Gasteiger partial charge < -0.3 is 20.1 Å². The van der Waals surface area contributed by atoms with Crippen LogP contribution in [-0.4, -0.2) is 19.2 Å². The van der Waals surface area contributed by atoms with Crippen molar-refractivity contribution in [3.05, 3.63) is 53.1 Å². The van der Waals surface area contributed by atoms with Gasteiger partial charge >= 0.3 is 0 Å². The zero-order valence-electron chi connectivity index (χ0n) is 13.3. The smallest absolute Gasteiger partial charge is 0.239 e. The molecule has 1 amide bonds. The van der Waals surface area contributed by atoms with Crippen molar-refractivity contribution in [3.8, 4) is 11.5 Å². The van der Waals surface area contributed by atoms with E-state index in [0.29, 0.717) is 6.54 Å². The molecule has 0 aromatic heterocycles. The third kappa shape index (κ3) is 3.56. The summed E-state index contributed by atoms with van der Waals surface area (Å²) in [4.78, 5) is 12.0. The van der Waals surface area contributed by atoms with Crippen LogP contribution in [0.15, 0.2) is 36.4 Å².